The van der Waals surface area contributed by atoms with E-state index < -0.39 is 0 Å². The third-order valence-corrected chi connectivity index (χ3v) is 4.06. The molecule has 2 aliphatic rings. The van der Waals surface area contributed by atoms with Gasteiger partial charge in [0, 0.05) is 12.1 Å². The molecule has 2 rings (SSSR count). The molecule has 2 fully saturated rings. The van der Waals surface area contributed by atoms with Crippen molar-refractivity contribution in [2.24, 2.45) is 0 Å². The molecule has 0 radical (unpaired) electrons. The van der Waals surface area contributed by atoms with Gasteiger partial charge in [-0.15, -0.1) is 0 Å². The fraction of sp³-hybridized carbons (Fsp3) is 0.929. The predicted octanol–water partition coefficient (Wildman–Crippen LogP) is 1.12. The third-order valence-electron chi connectivity index (χ3n) is 4.06. The standard InChI is InChI=1S/C14H27N3O/c1-3-10-17(13-6-8-15-9-7-13)11(2)14(18)16-12-4-5-12/h11-13,15H,3-10H2,1-2H3,(H,16,18). The molecule has 0 spiro atoms. The molecule has 18 heavy (non-hydrogen) atoms. The highest BCUT2D eigenvalue weighted by atomic mass is 16.2. The molecule has 4 heteroatoms. The van der Waals surface area contributed by atoms with E-state index in [4.69, 9.17) is 0 Å². The van der Waals surface area contributed by atoms with Crippen molar-refractivity contribution in [1.82, 2.24) is 15.5 Å². The molecule has 1 unspecified atom stereocenters. The second-order valence-electron chi connectivity index (χ2n) is 5.68. The first-order chi connectivity index (χ1) is 8.72. The second-order valence-corrected chi connectivity index (χ2v) is 5.68. The van der Waals surface area contributed by atoms with Crippen LogP contribution >= 0.6 is 0 Å². The van der Waals surface area contributed by atoms with Gasteiger partial charge in [-0.1, -0.05) is 6.92 Å². The SMILES string of the molecule is CCCN(C1CCNCC1)C(C)C(=O)NC1CC1. The smallest absolute Gasteiger partial charge is 0.237 e. The van der Waals surface area contributed by atoms with Crippen molar-refractivity contribution in [3.8, 4) is 0 Å². The Labute approximate surface area is 110 Å². The van der Waals surface area contributed by atoms with Crippen LogP contribution in [0, 0.1) is 0 Å². The van der Waals surface area contributed by atoms with Gasteiger partial charge in [0.25, 0.3) is 0 Å². The zero-order valence-corrected chi connectivity index (χ0v) is 11.7. The van der Waals surface area contributed by atoms with Gasteiger partial charge in [0.2, 0.25) is 5.91 Å². The lowest BCUT2D eigenvalue weighted by molar-refractivity contribution is -0.127. The Bertz CT molecular complexity index is 272. The maximum Gasteiger partial charge on any atom is 0.237 e. The Hall–Kier alpha value is -0.610. The first-order valence-corrected chi connectivity index (χ1v) is 7.49. The van der Waals surface area contributed by atoms with Crippen LogP contribution in [0.2, 0.25) is 0 Å². The number of piperidine rings is 1. The summed E-state index contributed by atoms with van der Waals surface area (Å²) >= 11 is 0. The highest BCUT2D eigenvalue weighted by Crippen LogP contribution is 2.20. The molecule has 104 valence electrons. The van der Waals surface area contributed by atoms with E-state index in [1.807, 2.05) is 0 Å². The van der Waals surface area contributed by atoms with Gasteiger partial charge in [-0.05, 0) is 58.7 Å². The molecule has 0 aromatic heterocycles. The summed E-state index contributed by atoms with van der Waals surface area (Å²) in [5.74, 6) is 0.226. The average Bonchev–Trinajstić information content (AvgIpc) is 3.20. The predicted molar refractivity (Wildman–Crippen MR) is 73.5 cm³/mol. The van der Waals surface area contributed by atoms with Crippen molar-refractivity contribution in [2.75, 3.05) is 19.6 Å². The topological polar surface area (TPSA) is 44.4 Å². The van der Waals surface area contributed by atoms with Gasteiger partial charge in [-0.3, -0.25) is 9.69 Å². The quantitative estimate of drug-likeness (QED) is 0.745. The van der Waals surface area contributed by atoms with Crippen LogP contribution in [-0.2, 0) is 4.79 Å². The Morgan fingerprint density at radius 2 is 2.00 bits per heavy atom. The Balaban J connectivity index is 1.90. The number of amides is 1. The van der Waals surface area contributed by atoms with Crippen LogP contribution in [0.1, 0.15) is 46.0 Å². The highest BCUT2D eigenvalue weighted by molar-refractivity contribution is 5.81. The number of carbonyl (C=O) groups excluding carboxylic acids is 1. The largest absolute Gasteiger partial charge is 0.352 e. The monoisotopic (exact) mass is 253 g/mol. The molecule has 2 N–H and O–H groups in total. The molecular formula is C14H27N3O. The van der Waals surface area contributed by atoms with E-state index in [0.29, 0.717) is 12.1 Å². The number of carbonyl (C=O) groups is 1. The minimum atomic E-state index is 0.0219. The van der Waals surface area contributed by atoms with E-state index in [1.54, 1.807) is 0 Å². The van der Waals surface area contributed by atoms with E-state index >= 15 is 0 Å². The normalized spacial score (nSPS) is 23.1. The van der Waals surface area contributed by atoms with E-state index in [1.165, 1.54) is 25.7 Å². The molecule has 0 aromatic rings. The molecule has 0 aromatic carbocycles. The molecule has 1 aliphatic carbocycles. The van der Waals surface area contributed by atoms with Crippen molar-refractivity contribution in [1.29, 1.82) is 0 Å². The van der Waals surface area contributed by atoms with Crippen molar-refractivity contribution in [3.63, 3.8) is 0 Å². The Kier molecular flexibility index (Phi) is 5.01. The van der Waals surface area contributed by atoms with Gasteiger partial charge < -0.3 is 10.6 Å². The average molecular weight is 253 g/mol. The van der Waals surface area contributed by atoms with Crippen LogP contribution in [0.4, 0.5) is 0 Å². The van der Waals surface area contributed by atoms with E-state index in [9.17, 15) is 4.79 Å². The van der Waals surface area contributed by atoms with E-state index in [-0.39, 0.29) is 11.9 Å². The maximum atomic E-state index is 12.2. The molecule has 0 bridgehead atoms. The fourth-order valence-electron chi connectivity index (χ4n) is 2.79. The Morgan fingerprint density at radius 3 is 2.56 bits per heavy atom. The number of nitrogens with zero attached hydrogens (tertiary/aromatic N) is 1. The summed E-state index contributed by atoms with van der Waals surface area (Å²) in [5.41, 5.74) is 0. The lowest BCUT2D eigenvalue weighted by Crippen LogP contribution is -2.53. The summed E-state index contributed by atoms with van der Waals surface area (Å²) in [4.78, 5) is 14.6. The van der Waals surface area contributed by atoms with Gasteiger partial charge in [-0.2, -0.15) is 0 Å². The van der Waals surface area contributed by atoms with E-state index in [0.717, 1.165) is 26.1 Å². The highest BCUT2D eigenvalue weighted by Gasteiger charge is 2.31. The van der Waals surface area contributed by atoms with Crippen molar-refractivity contribution < 1.29 is 4.79 Å². The van der Waals surface area contributed by atoms with E-state index in [2.05, 4.69) is 29.4 Å². The summed E-state index contributed by atoms with van der Waals surface area (Å²) in [6.45, 7) is 7.46. The number of rotatable bonds is 6. The van der Waals surface area contributed by atoms with Crippen LogP contribution in [0.5, 0.6) is 0 Å². The van der Waals surface area contributed by atoms with Crippen LogP contribution in [-0.4, -0.2) is 48.6 Å². The third kappa shape index (κ3) is 3.69. The molecule has 1 saturated heterocycles. The summed E-state index contributed by atoms with van der Waals surface area (Å²) in [6.07, 6.45) is 5.78. The number of hydrogen-bond acceptors (Lipinski definition) is 3. The van der Waals surface area contributed by atoms with Gasteiger partial charge >= 0.3 is 0 Å². The van der Waals surface area contributed by atoms with Crippen LogP contribution in [0.3, 0.4) is 0 Å². The molecule has 1 aliphatic heterocycles. The Morgan fingerprint density at radius 1 is 1.33 bits per heavy atom. The zero-order chi connectivity index (χ0) is 13.0. The molecule has 1 saturated carbocycles. The molecule has 1 amide bonds. The first-order valence-electron chi connectivity index (χ1n) is 7.49. The van der Waals surface area contributed by atoms with Crippen LogP contribution < -0.4 is 10.6 Å². The van der Waals surface area contributed by atoms with Crippen LogP contribution in [0.15, 0.2) is 0 Å². The van der Waals surface area contributed by atoms with Crippen molar-refractivity contribution in [2.45, 2.75) is 64.1 Å². The molecule has 1 heterocycles. The van der Waals surface area contributed by atoms with Crippen molar-refractivity contribution in [3.05, 3.63) is 0 Å². The van der Waals surface area contributed by atoms with Gasteiger partial charge in [-0.25, -0.2) is 0 Å². The molecule has 4 nitrogen and oxygen atoms in total. The minimum absolute atomic E-state index is 0.0219. The first kappa shape index (κ1) is 13.8. The van der Waals surface area contributed by atoms with Gasteiger partial charge in [0.1, 0.15) is 0 Å². The van der Waals surface area contributed by atoms with Gasteiger partial charge in [0.05, 0.1) is 6.04 Å². The lowest BCUT2D eigenvalue weighted by Gasteiger charge is -2.38. The molecule has 1 atom stereocenters. The second kappa shape index (κ2) is 6.53. The maximum absolute atomic E-state index is 12.2. The van der Waals surface area contributed by atoms with Gasteiger partial charge in [0.15, 0.2) is 0 Å². The molecular weight excluding hydrogens is 226 g/mol. The zero-order valence-electron chi connectivity index (χ0n) is 11.7. The lowest BCUT2D eigenvalue weighted by atomic mass is 10.0. The summed E-state index contributed by atoms with van der Waals surface area (Å²) in [7, 11) is 0. The van der Waals surface area contributed by atoms with Crippen LogP contribution in [0.25, 0.3) is 0 Å². The number of hydrogen-bond donors (Lipinski definition) is 2. The fourth-order valence-corrected chi connectivity index (χ4v) is 2.79. The minimum Gasteiger partial charge on any atom is -0.352 e. The summed E-state index contributed by atoms with van der Waals surface area (Å²) < 4.78 is 0. The summed E-state index contributed by atoms with van der Waals surface area (Å²) in [6, 6.07) is 1.07. The van der Waals surface area contributed by atoms with Crippen molar-refractivity contribution >= 4 is 5.91 Å². The number of nitrogens with one attached hydrogen (secondary N) is 2. The summed E-state index contributed by atoms with van der Waals surface area (Å²) in [5, 5.41) is 6.53.